The van der Waals surface area contributed by atoms with Gasteiger partial charge in [0.05, 0.1) is 0 Å². The molecule has 1 aliphatic heterocycles. The van der Waals surface area contributed by atoms with Crippen LogP contribution in [0.25, 0.3) is 0 Å². The summed E-state index contributed by atoms with van der Waals surface area (Å²) in [5.41, 5.74) is 0.696. The predicted octanol–water partition coefficient (Wildman–Crippen LogP) is 1.99. The standard InChI is InChI=1S/C12H13F2NO2.ClH/c13-9-2-1-7(4-10(9)14)3-8-5-11(12(16)17)15-6-8;/h1-2,4,8,11,15H,3,5-6H2,(H,16,17);1H/t8-,11-;/m1./s1. The molecule has 2 rings (SSSR count). The molecule has 3 nitrogen and oxygen atoms in total. The van der Waals surface area contributed by atoms with E-state index in [1.54, 1.807) is 0 Å². The quantitative estimate of drug-likeness (QED) is 0.888. The normalized spacial score (nSPS) is 22.6. The van der Waals surface area contributed by atoms with Crippen molar-refractivity contribution in [3.63, 3.8) is 0 Å². The van der Waals surface area contributed by atoms with Crippen molar-refractivity contribution >= 4 is 18.4 Å². The summed E-state index contributed by atoms with van der Waals surface area (Å²) in [5, 5.41) is 11.7. The molecule has 1 heterocycles. The fourth-order valence-corrected chi connectivity index (χ4v) is 2.15. The Morgan fingerprint density at radius 2 is 2.11 bits per heavy atom. The molecule has 100 valence electrons. The SMILES string of the molecule is Cl.O=C(O)[C@H]1C[C@@H](Cc2ccc(F)c(F)c2)CN1. The van der Waals surface area contributed by atoms with Crippen LogP contribution in [0.3, 0.4) is 0 Å². The number of aliphatic carboxylic acids is 1. The number of carboxylic acids is 1. The molecule has 1 fully saturated rings. The maximum Gasteiger partial charge on any atom is 0.320 e. The summed E-state index contributed by atoms with van der Waals surface area (Å²) in [6, 6.07) is 3.28. The molecule has 1 saturated heterocycles. The summed E-state index contributed by atoms with van der Waals surface area (Å²) in [5.74, 6) is -2.43. The minimum absolute atomic E-state index is 0. The van der Waals surface area contributed by atoms with Crippen LogP contribution in [0.5, 0.6) is 0 Å². The zero-order valence-corrected chi connectivity index (χ0v) is 10.3. The molecule has 2 atom stereocenters. The topological polar surface area (TPSA) is 49.3 Å². The van der Waals surface area contributed by atoms with Gasteiger partial charge in [-0.15, -0.1) is 12.4 Å². The number of nitrogens with one attached hydrogen (secondary N) is 1. The van der Waals surface area contributed by atoms with Gasteiger partial charge in [-0.05, 0) is 43.0 Å². The second-order valence-corrected chi connectivity index (χ2v) is 4.35. The van der Waals surface area contributed by atoms with Crippen LogP contribution in [0.2, 0.25) is 0 Å². The Balaban J connectivity index is 0.00000162. The number of halogens is 3. The van der Waals surface area contributed by atoms with Crippen LogP contribution in [-0.2, 0) is 11.2 Å². The van der Waals surface area contributed by atoms with E-state index in [0.29, 0.717) is 24.9 Å². The lowest BCUT2D eigenvalue weighted by atomic mass is 9.96. The largest absolute Gasteiger partial charge is 0.480 e. The van der Waals surface area contributed by atoms with Crippen molar-refractivity contribution in [2.75, 3.05) is 6.54 Å². The van der Waals surface area contributed by atoms with Crippen LogP contribution in [-0.4, -0.2) is 23.7 Å². The van der Waals surface area contributed by atoms with Crippen molar-refractivity contribution < 1.29 is 18.7 Å². The highest BCUT2D eigenvalue weighted by atomic mass is 35.5. The number of hydrogen-bond donors (Lipinski definition) is 2. The van der Waals surface area contributed by atoms with Gasteiger partial charge in [-0.2, -0.15) is 0 Å². The van der Waals surface area contributed by atoms with E-state index >= 15 is 0 Å². The molecular weight excluding hydrogens is 264 g/mol. The lowest BCUT2D eigenvalue weighted by Crippen LogP contribution is -2.29. The van der Waals surface area contributed by atoms with E-state index in [9.17, 15) is 13.6 Å². The van der Waals surface area contributed by atoms with Gasteiger partial charge in [-0.3, -0.25) is 4.79 Å². The second kappa shape index (κ2) is 6.11. The minimum atomic E-state index is -0.863. The molecule has 0 bridgehead atoms. The first-order chi connectivity index (χ1) is 8.06. The Morgan fingerprint density at radius 1 is 1.39 bits per heavy atom. The Labute approximate surface area is 110 Å². The molecule has 0 saturated carbocycles. The molecule has 0 spiro atoms. The highest BCUT2D eigenvalue weighted by Crippen LogP contribution is 2.20. The molecule has 1 aromatic carbocycles. The Hall–Kier alpha value is -1.20. The van der Waals surface area contributed by atoms with E-state index in [0.717, 1.165) is 6.07 Å². The van der Waals surface area contributed by atoms with Gasteiger partial charge in [0, 0.05) is 0 Å². The fraction of sp³-hybridized carbons (Fsp3) is 0.417. The lowest BCUT2D eigenvalue weighted by molar-refractivity contribution is -0.139. The van der Waals surface area contributed by atoms with Gasteiger partial charge < -0.3 is 10.4 Å². The second-order valence-electron chi connectivity index (χ2n) is 4.35. The predicted molar refractivity (Wildman–Crippen MR) is 64.8 cm³/mol. The molecule has 1 aliphatic rings. The van der Waals surface area contributed by atoms with Crippen molar-refractivity contribution in [3.05, 3.63) is 35.4 Å². The zero-order chi connectivity index (χ0) is 12.4. The summed E-state index contributed by atoms with van der Waals surface area (Å²) in [6.45, 7) is 0.593. The lowest BCUT2D eigenvalue weighted by Gasteiger charge is -2.08. The van der Waals surface area contributed by atoms with Crippen molar-refractivity contribution in [2.45, 2.75) is 18.9 Å². The Morgan fingerprint density at radius 3 is 2.67 bits per heavy atom. The first-order valence-electron chi connectivity index (χ1n) is 5.46. The summed E-state index contributed by atoms with van der Waals surface area (Å²) in [7, 11) is 0. The molecule has 2 N–H and O–H groups in total. The Bertz CT molecular complexity index is 442. The summed E-state index contributed by atoms with van der Waals surface area (Å²) < 4.78 is 25.7. The molecule has 18 heavy (non-hydrogen) atoms. The van der Waals surface area contributed by atoms with E-state index in [2.05, 4.69) is 5.32 Å². The van der Waals surface area contributed by atoms with Crippen LogP contribution in [0, 0.1) is 17.6 Å². The number of benzene rings is 1. The summed E-state index contributed by atoms with van der Waals surface area (Å²) in [4.78, 5) is 10.7. The van der Waals surface area contributed by atoms with E-state index in [1.807, 2.05) is 0 Å². The average Bonchev–Trinajstić information content (AvgIpc) is 2.72. The molecule has 0 aliphatic carbocycles. The average molecular weight is 278 g/mol. The van der Waals surface area contributed by atoms with E-state index in [4.69, 9.17) is 5.11 Å². The third kappa shape index (κ3) is 3.40. The van der Waals surface area contributed by atoms with Gasteiger partial charge in [0.15, 0.2) is 11.6 Å². The molecule has 6 heteroatoms. The molecule has 0 aromatic heterocycles. The van der Waals surface area contributed by atoms with Gasteiger partial charge in [-0.25, -0.2) is 8.78 Å². The summed E-state index contributed by atoms with van der Waals surface area (Å²) in [6.07, 6.45) is 1.09. The maximum atomic E-state index is 13.0. The molecule has 0 unspecified atom stereocenters. The summed E-state index contributed by atoms with van der Waals surface area (Å²) >= 11 is 0. The van der Waals surface area contributed by atoms with E-state index in [-0.39, 0.29) is 18.3 Å². The van der Waals surface area contributed by atoms with E-state index in [1.165, 1.54) is 12.1 Å². The fourth-order valence-electron chi connectivity index (χ4n) is 2.15. The van der Waals surface area contributed by atoms with Crippen molar-refractivity contribution in [2.24, 2.45) is 5.92 Å². The van der Waals surface area contributed by atoms with Gasteiger partial charge in [0.2, 0.25) is 0 Å². The maximum absolute atomic E-state index is 13.0. The van der Waals surface area contributed by atoms with Crippen molar-refractivity contribution in [1.29, 1.82) is 0 Å². The van der Waals surface area contributed by atoms with Gasteiger partial charge in [-0.1, -0.05) is 6.07 Å². The van der Waals surface area contributed by atoms with Crippen LogP contribution < -0.4 is 5.32 Å². The Kier molecular flexibility index (Phi) is 5.04. The third-order valence-electron chi connectivity index (χ3n) is 3.03. The van der Waals surface area contributed by atoms with E-state index < -0.39 is 23.6 Å². The first kappa shape index (κ1) is 14.9. The van der Waals surface area contributed by atoms with Crippen LogP contribution in [0.1, 0.15) is 12.0 Å². The molecule has 0 amide bonds. The zero-order valence-electron chi connectivity index (χ0n) is 9.53. The van der Waals surface area contributed by atoms with Gasteiger partial charge in [0.1, 0.15) is 6.04 Å². The van der Waals surface area contributed by atoms with Crippen molar-refractivity contribution in [1.82, 2.24) is 5.32 Å². The smallest absolute Gasteiger partial charge is 0.320 e. The van der Waals surface area contributed by atoms with Crippen molar-refractivity contribution in [3.8, 4) is 0 Å². The highest BCUT2D eigenvalue weighted by molar-refractivity contribution is 5.85. The highest BCUT2D eigenvalue weighted by Gasteiger charge is 2.29. The number of carboxylic acid groups (broad SMARTS) is 1. The molecule has 0 radical (unpaired) electrons. The van der Waals surface area contributed by atoms with Crippen LogP contribution in [0.4, 0.5) is 8.78 Å². The van der Waals surface area contributed by atoms with Gasteiger partial charge >= 0.3 is 5.97 Å². The number of hydrogen-bond acceptors (Lipinski definition) is 2. The van der Waals surface area contributed by atoms with Crippen LogP contribution in [0.15, 0.2) is 18.2 Å². The molecule has 1 aromatic rings. The minimum Gasteiger partial charge on any atom is -0.480 e. The van der Waals surface area contributed by atoms with Gasteiger partial charge in [0.25, 0.3) is 0 Å². The first-order valence-corrected chi connectivity index (χ1v) is 5.46. The number of carbonyl (C=O) groups is 1. The third-order valence-corrected chi connectivity index (χ3v) is 3.03. The monoisotopic (exact) mass is 277 g/mol. The van der Waals surface area contributed by atoms with Crippen LogP contribution >= 0.6 is 12.4 Å². The number of rotatable bonds is 3. The molecular formula is C12H14ClF2NO2.